The second-order valence-electron chi connectivity index (χ2n) is 5.45. The van der Waals surface area contributed by atoms with Crippen LogP contribution in [0.3, 0.4) is 0 Å². The van der Waals surface area contributed by atoms with Gasteiger partial charge in [-0.3, -0.25) is 9.48 Å². The summed E-state index contributed by atoms with van der Waals surface area (Å²) in [7, 11) is 0. The van der Waals surface area contributed by atoms with Gasteiger partial charge in [0.25, 0.3) is 0 Å². The van der Waals surface area contributed by atoms with Crippen molar-refractivity contribution < 1.29 is 14.6 Å². The monoisotopic (exact) mass is 290 g/mol. The van der Waals surface area contributed by atoms with E-state index in [-0.39, 0.29) is 12.4 Å². The molecule has 0 radical (unpaired) electrons. The van der Waals surface area contributed by atoms with E-state index in [4.69, 9.17) is 15.6 Å². The Bertz CT molecular complexity index is 457. The number of aryl methyl sites for hydroxylation is 1. The highest BCUT2D eigenvalue weighted by Crippen LogP contribution is 2.25. The van der Waals surface area contributed by atoms with Gasteiger partial charge in [0.05, 0.1) is 24.8 Å². The normalized spacial score (nSPS) is 17.4. The number of carboxylic acid groups (broad SMARTS) is 1. The molecule has 108 valence electrons. The van der Waals surface area contributed by atoms with Crippen LogP contribution < -0.4 is 5.73 Å². The van der Waals surface area contributed by atoms with Crippen LogP contribution in [0.5, 0.6) is 0 Å². The molecule has 0 aromatic carbocycles. The van der Waals surface area contributed by atoms with Gasteiger partial charge in [-0.05, 0) is 20.3 Å². The smallest absolute Gasteiger partial charge is 0.309 e. The summed E-state index contributed by atoms with van der Waals surface area (Å²) in [6.45, 7) is 4.79. The van der Waals surface area contributed by atoms with Crippen molar-refractivity contribution in [2.75, 3.05) is 13.2 Å². The molecule has 0 saturated carbocycles. The number of nitrogens with zero attached hydrogens (tertiary/aromatic N) is 3. The predicted octanol–water partition coefficient (Wildman–Crippen LogP) is 0.385. The average molecular weight is 291 g/mol. The Morgan fingerprint density at radius 1 is 1.63 bits per heavy atom. The highest BCUT2D eigenvalue weighted by molar-refractivity contribution is 5.85. The molecule has 1 aromatic heterocycles. The zero-order valence-electron chi connectivity index (χ0n) is 11.0. The first-order chi connectivity index (χ1) is 8.33. The van der Waals surface area contributed by atoms with Crippen molar-refractivity contribution in [3.8, 4) is 0 Å². The van der Waals surface area contributed by atoms with E-state index in [9.17, 15) is 4.79 Å². The fraction of sp³-hybridized carbons (Fsp3) is 0.727. The number of hydrogen-bond acceptors (Lipinski definition) is 5. The maximum atomic E-state index is 11.0. The standard InChI is InChI=1S/C11H18N4O3.ClH/c1-10(2,9(16)17)3-4-15-5-8(13-14-15)11(12)6-18-7-11;/h5H,3-4,6-7,12H2,1-2H3,(H,16,17);1H. The van der Waals surface area contributed by atoms with Crippen LogP contribution in [0.1, 0.15) is 26.0 Å². The molecule has 8 heteroatoms. The zero-order chi connectivity index (χ0) is 13.4. The first kappa shape index (κ1) is 15.9. The summed E-state index contributed by atoms with van der Waals surface area (Å²) in [4.78, 5) is 11.0. The maximum absolute atomic E-state index is 11.0. The molecule has 0 spiro atoms. The summed E-state index contributed by atoms with van der Waals surface area (Å²) in [6, 6.07) is 0. The van der Waals surface area contributed by atoms with E-state index in [1.807, 2.05) is 0 Å². The molecule has 1 aliphatic rings. The molecule has 1 aliphatic heterocycles. The summed E-state index contributed by atoms with van der Waals surface area (Å²) in [5.74, 6) is -0.814. The molecule has 0 aliphatic carbocycles. The molecule has 2 heterocycles. The lowest BCUT2D eigenvalue weighted by Gasteiger charge is -2.35. The molecule has 19 heavy (non-hydrogen) atoms. The van der Waals surface area contributed by atoms with Crippen LogP contribution in [-0.2, 0) is 21.6 Å². The van der Waals surface area contributed by atoms with Crippen molar-refractivity contribution in [1.29, 1.82) is 0 Å². The molecular formula is C11H19ClN4O3. The van der Waals surface area contributed by atoms with Crippen molar-refractivity contribution in [3.05, 3.63) is 11.9 Å². The number of carboxylic acids is 1. The first-order valence-electron chi connectivity index (χ1n) is 5.84. The minimum atomic E-state index is -0.814. The molecule has 2 rings (SSSR count). The summed E-state index contributed by atoms with van der Waals surface area (Å²) in [6.07, 6.45) is 2.25. The van der Waals surface area contributed by atoms with E-state index in [0.717, 1.165) is 0 Å². The van der Waals surface area contributed by atoms with Gasteiger partial charge in [-0.1, -0.05) is 5.21 Å². The Kier molecular flexibility index (Phi) is 4.54. The van der Waals surface area contributed by atoms with Crippen LogP contribution in [0.4, 0.5) is 0 Å². The molecule has 0 atom stereocenters. The lowest BCUT2D eigenvalue weighted by Crippen LogP contribution is -2.54. The van der Waals surface area contributed by atoms with E-state index in [1.165, 1.54) is 0 Å². The van der Waals surface area contributed by atoms with Gasteiger partial charge in [0.1, 0.15) is 11.2 Å². The number of ether oxygens (including phenoxy) is 1. The highest BCUT2D eigenvalue weighted by atomic mass is 35.5. The molecule has 3 N–H and O–H groups in total. The van der Waals surface area contributed by atoms with E-state index in [1.54, 1.807) is 24.7 Å². The van der Waals surface area contributed by atoms with Crippen molar-refractivity contribution in [3.63, 3.8) is 0 Å². The van der Waals surface area contributed by atoms with Crippen LogP contribution in [0.15, 0.2) is 6.20 Å². The second-order valence-corrected chi connectivity index (χ2v) is 5.45. The Hall–Kier alpha value is -1.18. The number of aliphatic carboxylic acids is 1. The van der Waals surface area contributed by atoms with Crippen molar-refractivity contribution >= 4 is 18.4 Å². The first-order valence-corrected chi connectivity index (χ1v) is 5.84. The largest absolute Gasteiger partial charge is 0.481 e. The number of hydrogen-bond donors (Lipinski definition) is 2. The topological polar surface area (TPSA) is 103 Å². The molecule has 0 amide bonds. The lowest BCUT2D eigenvalue weighted by molar-refractivity contribution is -0.147. The third kappa shape index (κ3) is 3.23. The molecule has 1 fully saturated rings. The lowest BCUT2D eigenvalue weighted by atomic mass is 9.90. The van der Waals surface area contributed by atoms with Crippen LogP contribution >= 0.6 is 12.4 Å². The summed E-state index contributed by atoms with van der Waals surface area (Å²) < 4.78 is 6.70. The van der Waals surface area contributed by atoms with E-state index < -0.39 is 16.9 Å². The van der Waals surface area contributed by atoms with Crippen LogP contribution in [0.25, 0.3) is 0 Å². The highest BCUT2D eigenvalue weighted by Gasteiger charge is 2.39. The fourth-order valence-electron chi connectivity index (χ4n) is 1.61. The maximum Gasteiger partial charge on any atom is 0.309 e. The Morgan fingerprint density at radius 3 is 2.74 bits per heavy atom. The number of nitrogens with two attached hydrogens (primary N) is 1. The van der Waals surface area contributed by atoms with Crippen molar-refractivity contribution in [2.24, 2.45) is 11.1 Å². The number of aromatic nitrogens is 3. The number of carbonyl (C=O) groups is 1. The minimum Gasteiger partial charge on any atom is -0.481 e. The van der Waals surface area contributed by atoms with E-state index in [2.05, 4.69) is 10.3 Å². The van der Waals surface area contributed by atoms with Crippen LogP contribution in [0, 0.1) is 5.41 Å². The Balaban J connectivity index is 0.00000180. The number of rotatable bonds is 5. The summed E-state index contributed by atoms with van der Waals surface area (Å²) in [5.41, 5.74) is 5.43. The van der Waals surface area contributed by atoms with E-state index >= 15 is 0 Å². The Morgan fingerprint density at radius 2 is 2.26 bits per heavy atom. The Labute approximate surface area is 117 Å². The molecule has 1 aromatic rings. The van der Waals surface area contributed by atoms with Gasteiger partial charge in [0.2, 0.25) is 0 Å². The van der Waals surface area contributed by atoms with Gasteiger partial charge in [-0.25, -0.2) is 0 Å². The van der Waals surface area contributed by atoms with Crippen molar-refractivity contribution in [2.45, 2.75) is 32.4 Å². The molecule has 0 unspecified atom stereocenters. The molecular weight excluding hydrogens is 272 g/mol. The molecule has 1 saturated heterocycles. The third-order valence-electron chi connectivity index (χ3n) is 3.31. The zero-order valence-corrected chi connectivity index (χ0v) is 11.8. The molecule has 0 bridgehead atoms. The quantitative estimate of drug-likeness (QED) is 0.813. The van der Waals surface area contributed by atoms with Gasteiger partial charge in [-0.2, -0.15) is 0 Å². The van der Waals surface area contributed by atoms with Gasteiger partial charge in [-0.15, -0.1) is 17.5 Å². The van der Waals surface area contributed by atoms with Crippen molar-refractivity contribution in [1.82, 2.24) is 15.0 Å². The van der Waals surface area contributed by atoms with Crippen LogP contribution in [0.2, 0.25) is 0 Å². The van der Waals surface area contributed by atoms with E-state index in [0.29, 0.717) is 31.9 Å². The fourth-order valence-corrected chi connectivity index (χ4v) is 1.61. The predicted molar refractivity (Wildman–Crippen MR) is 70.0 cm³/mol. The SMILES string of the molecule is CC(C)(CCn1cc(C2(N)COC2)nn1)C(=O)O.Cl. The van der Waals surface area contributed by atoms with Gasteiger partial charge in [0, 0.05) is 6.54 Å². The van der Waals surface area contributed by atoms with Crippen LogP contribution in [-0.4, -0.2) is 39.3 Å². The van der Waals surface area contributed by atoms with Gasteiger partial charge >= 0.3 is 5.97 Å². The average Bonchev–Trinajstić information content (AvgIpc) is 2.72. The minimum absolute atomic E-state index is 0. The summed E-state index contributed by atoms with van der Waals surface area (Å²) >= 11 is 0. The summed E-state index contributed by atoms with van der Waals surface area (Å²) in [5, 5.41) is 17.0. The molecule has 7 nitrogen and oxygen atoms in total. The van der Waals surface area contributed by atoms with Gasteiger partial charge < -0.3 is 15.6 Å². The second kappa shape index (κ2) is 5.44. The number of halogens is 1. The van der Waals surface area contributed by atoms with Gasteiger partial charge in [0.15, 0.2) is 0 Å². The third-order valence-corrected chi connectivity index (χ3v) is 3.31.